The molecule has 0 spiro atoms. The lowest BCUT2D eigenvalue weighted by atomic mass is 9.96. The fourth-order valence-corrected chi connectivity index (χ4v) is 3.13. The Balaban J connectivity index is 2.23. The van der Waals surface area contributed by atoms with Crippen LogP contribution in [0.15, 0.2) is 36.4 Å². The van der Waals surface area contributed by atoms with Gasteiger partial charge in [-0.2, -0.15) is 0 Å². The number of hydrogen-bond donors (Lipinski definition) is 1. The summed E-state index contributed by atoms with van der Waals surface area (Å²) in [4.78, 5) is 0. The Morgan fingerprint density at radius 1 is 0.885 bits per heavy atom. The lowest BCUT2D eigenvalue weighted by Crippen LogP contribution is -2.25. The van der Waals surface area contributed by atoms with Crippen LogP contribution in [0.25, 0.3) is 0 Å². The van der Waals surface area contributed by atoms with Gasteiger partial charge in [-0.05, 0) is 55.1 Å². The molecule has 0 saturated heterocycles. The van der Waals surface area contributed by atoms with E-state index in [4.69, 9.17) is 14.2 Å². The molecule has 0 aliphatic rings. The first-order chi connectivity index (χ1) is 12.6. The van der Waals surface area contributed by atoms with Crippen molar-refractivity contribution in [2.75, 3.05) is 27.9 Å². The average Bonchev–Trinajstić information content (AvgIpc) is 2.66. The highest BCUT2D eigenvalue weighted by Crippen LogP contribution is 2.34. The second kappa shape index (κ2) is 10.1. The van der Waals surface area contributed by atoms with Gasteiger partial charge >= 0.3 is 0 Å². The van der Waals surface area contributed by atoms with Crippen LogP contribution >= 0.6 is 0 Å². The molecule has 142 valence electrons. The van der Waals surface area contributed by atoms with Crippen LogP contribution in [0.2, 0.25) is 0 Å². The molecule has 2 aromatic carbocycles. The summed E-state index contributed by atoms with van der Waals surface area (Å²) >= 11 is 0. The molecule has 4 heteroatoms. The van der Waals surface area contributed by atoms with Gasteiger partial charge in [0.1, 0.15) is 5.75 Å². The van der Waals surface area contributed by atoms with E-state index in [2.05, 4.69) is 37.4 Å². The van der Waals surface area contributed by atoms with E-state index >= 15 is 0 Å². The lowest BCUT2D eigenvalue weighted by Gasteiger charge is -2.18. The molecular formula is C22H31NO3. The Morgan fingerprint density at radius 2 is 1.69 bits per heavy atom. The third-order valence-electron chi connectivity index (χ3n) is 4.49. The van der Waals surface area contributed by atoms with Crippen molar-refractivity contribution in [1.82, 2.24) is 5.32 Å². The molecule has 4 nitrogen and oxygen atoms in total. The Bertz CT molecular complexity index is 698. The average molecular weight is 357 g/mol. The number of hydrogen-bond acceptors (Lipinski definition) is 4. The van der Waals surface area contributed by atoms with E-state index in [0.29, 0.717) is 6.04 Å². The van der Waals surface area contributed by atoms with E-state index in [1.807, 2.05) is 18.2 Å². The zero-order valence-corrected chi connectivity index (χ0v) is 16.6. The zero-order valence-electron chi connectivity index (χ0n) is 16.6. The minimum Gasteiger partial charge on any atom is -0.497 e. The fraction of sp³-hybridized carbons (Fsp3) is 0.455. The third-order valence-corrected chi connectivity index (χ3v) is 4.49. The van der Waals surface area contributed by atoms with Gasteiger partial charge in [0.2, 0.25) is 0 Å². The molecule has 0 amide bonds. The fourth-order valence-electron chi connectivity index (χ4n) is 3.13. The van der Waals surface area contributed by atoms with Gasteiger partial charge in [0.25, 0.3) is 0 Å². The lowest BCUT2D eigenvalue weighted by molar-refractivity contribution is 0.351. The first-order valence-corrected chi connectivity index (χ1v) is 9.18. The van der Waals surface area contributed by atoms with E-state index in [1.54, 1.807) is 21.3 Å². The molecular weight excluding hydrogens is 326 g/mol. The van der Waals surface area contributed by atoms with Gasteiger partial charge in [-0.15, -0.1) is 0 Å². The summed E-state index contributed by atoms with van der Waals surface area (Å²) in [6, 6.07) is 12.9. The molecule has 0 aliphatic carbocycles. The smallest absolute Gasteiger partial charge is 0.164 e. The molecule has 26 heavy (non-hydrogen) atoms. The summed E-state index contributed by atoms with van der Waals surface area (Å²) in [7, 11) is 5.09. The first kappa shape index (κ1) is 20.1. The summed E-state index contributed by atoms with van der Waals surface area (Å²) in [5.74, 6) is 2.52. The van der Waals surface area contributed by atoms with Crippen LogP contribution < -0.4 is 19.5 Å². The van der Waals surface area contributed by atoms with Crippen molar-refractivity contribution in [2.45, 2.75) is 39.2 Å². The Labute approximate surface area is 157 Å². The largest absolute Gasteiger partial charge is 0.497 e. The maximum absolute atomic E-state index is 5.70. The topological polar surface area (TPSA) is 39.7 Å². The molecule has 0 aromatic heterocycles. The summed E-state index contributed by atoms with van der Waals surface area (Å²) in [6.45, 7) is 5.27. The molecule has 0 bridgehead atoms. The molecule has 0 heterocycles. The van der Waals surface area contributed by atoms with E-state index in [0.717, 1.165) is 43.1 Å². The monoisotopic (exact) mass is 357 g/mol. The van der Waals surface area contributed by atoms with Crippen molar-refractivity contribution in [1.29, 1.82) is 0 Å². The highest BCUT2D eigenvalue weighted by atomic mass is 16.5. The van der Waals surface area contributed by atoms with Crippen molar-refractivity contribution in [3.05, 3.63) is 53.1 Å². The molecule has 0 aliphatic heterocycles. The van der Waals surface area contributed by atoms with Crippen molar-refractivity contribution >= 4 is 0 Å². The van der Waals surface area contributed by atoms with Crippen LogP contribution in [-0.4, -0.2) is 33.9 Å². The zero-order chi connectivity index (χ0) is 18.9. The van der Waals surface area contributed by atoms with Gasteiger partial charge in [0.05, 0.1) is 21.3 Å². The summed E-state index contributed by atoms with van der Waals surface area (Å²) < 4.78 is 16.5. The van der Waals surface area contributed by atoms with Gasteiger partial charge in [-0.25, -0.2) is 0 Å². The quantitative estimate of drug-likeness (QED) is 0.697. The minimum absolute atomic E-state index is 0.482. The second-order valence-corrected chi connectivity index (χ2v) is 6.65. The SMILES string of the molecule is COc1cccc(CCc2c(CCNC(C)C)ccc(OC)c2OC)c1. The molecule has 2 aromatic rings. The molecule has 0 saturated carbocycles. The van der Waals surface area contributed by atoms with Crippen LogP contribution in [0.1, 0.15) is 30.5 Å². The Kier molecular flexibility index (Phi) is 7.79. The Hall–Kier alpha value is -2.20. The van der Waals surface area contributed by atoms with Crippen molar-refractivity contribution < 1.29 is 14.2 Å². The van der Waals surface area contributed by atoms with E-state index in [-0.39, 0.29) is 0 Å². The van der Waals surface area contributed by atoms with Gasteiger partial charge < -0.3 is 19.5 Å². The summed E-state index contributed by atoms with van der Waals surface area (Å²) in [5, 5.41) is 3.49. The number of methoxy groups -OCH3 is 3. The van der Waals surface area contributed by atoms with Crippen LogP contribution in [0.4, 0.5) is 0 Å². The maximum Gasteiger partial charge on any atom is 0.164 e. The Morgan fingerprint density at radius 3 is 2.35 bits per heavy atom. The van der Waals surface area contributed by atoms with Crippen LogP contribution in [0.3, 0.4) is 0 Å². The van der Waals surface area contributed by atoms with E-state index < -0.39 is 0 Å². The highest BCUT2D eigenvalue weighted by molar-refractivity contribution is 5.51. The summed E-state index contributed by atoms with van der Waals surface area (Å²) in [5.41, 5.74) is 3.78. The first-order valence-electron chi connectivity index (χ1n) is 9.18. The maximum atomic E-state index is 5.70. The van der Waals surface area contributed by atoms with Crippen molar-refractivity contribution in [3.8, 4) is 17.2 Å². The normalized spacial score (nSPS) is 10.8. The predicted octanol–water partition coefficient (Wildman–Crippen LogP) is 4.04. The van der Waals surface area contributed by atoms with Crippen molar-refractivity contribution in [3.63, 3.8) is 0 Å². The summed E-state index contributed by atoms with van der Waals surface area (Å²) in [6.07, 6.45) is 2.78. The van der Waals surface area contributed by atoms with Crippen LogP contribution in [0.5, 0.6) is 17.2 Å². The van der Waals surface area contributed by atoms with E-state index in [9.17, 15) is 0 Å². The number of rotatable bonds is 10. The van der Waals surface area contributed by atoms with Crippen LogP contribution in [0, 0.1) is 0 Å². The standard InChI is InChI=1S/C22H31NO3/c1-16(2)23-14-13-18-10-12-21(25-4)22(26-5)20(18)11-9-17-7-6-8-19(15-17)24-3/h6-8,10,12,15-16,23H,9,11,13-14H2,1-5H3. The van der Waals surface area contributed by atoms with Crippen molar-refractivity contribution in [2.24, 2.45) is 0 Å². The molecule has 0 fully saturated rings. The molecule has 0 radical (unpaired) electrons. The number of ether oxygens (including phenoxy) is 3. The molecule has 1 N–H and O–H groups in total. The third kappa shape index (κ3) is 5.40. The van der Waals surface area contributed by atoms with E-state index in [1.165, 1.54) is 16.7 Å². The molecule has 0 unspecified atom stereocenters. The molecule has 0 atom stereocenters. The van der Waals surface area contributed by atoms with Crippen LogP contribution in [-0.2, 0) is 19.3 Å². The number of benzene rings is 2. The van der Waals surface area contributed by atoms with Gasteiger partial charge in [0, 0.05) is 11.6 Å². The highest BCUT2D eigenvalue weighted by Gasteiger charge is 2.15. The van der Waals surface area contributed by atoms with Gasteiger partial charge in [0.15, 0.2) is 11.5 Å². The van der Waals surface area contributed by atoms with Gasteiger partial charge in [-0.1, -0.05) is 32.0 Å². The second-order valence-electron chi connectivity index (χ2n) is 6.65. The number of aryl methyl sites for hydroxylation is 1. The van der Waals surface area contributed by atoms with Gasteiger partial charge in [-0.3, -0.25) is 0 Å². The molecule has 2 rings (SSSR count). The number of nitrogens with one attached hydrogen (secondary N) is 1. The predicted molar refractivity (Wildman–Crippen MR) is 107 cm³/mol. The minimum atomic E-state index is 0.482.